The first kappa shape index (κ1) is 17.3. The maximum atomic E-state index is 12.9. The highest BCUT2D eigenvalue weighted by Crippen LogP contribution is 2.50. The molecule has 0 unspecified atom stereocenters. The van der Waals surface area contributed by atoms with Gasteiger partial charge < -0.3 is 9.47 Å². The van der Waals surface area contributed by atoms with Gasteiger partial charge in [0.1, 0.15) is 0 Å². The van der Waals surface area contributed by atoms with E-state index in [0.29, 0.717) is 11.1 Å². The van der Waals surface area contributed by atoms with Crippen LogP contribution >= 0.6 is 0 Å². The topological polar surface area (TPSA) is 52.6 Å². The molecule has 0 saturated heterocycles. The summed E-state index contributed by atoms with van der Waals surface area (Å²) >= 11 is 0. The van der Waals surface area contributed by atoms with Crippen molar-refractivity contribution in [2.45, 2.75) is 40.0 Å². The molecule has 1 aromatic rings. The van der Waals surface area contributed by atoms with Crippen molar-refractivity contribution >= 4 is 18.0 Å². The normalized spacial score (nSPS) is 15.6. The Bertz CT molecular complexity index is 632. The fraction of sp³-hybridized carbons (Fsp3) is 0.474. The van der Waals surface area contributed by atoms with Gasteiger partial charge in [0.25, 0.3) is 0 Å². The molecule has 4 heteroatoms. The molecule has 0 saturated carbocycles. The number of rotatable bonds is 4. The molecule has 0 bridgehead atoms. The van der Waals surface area contributed by atoms with Crippen molar-refractivity contribution in [1.29, 1.82) is 0 Å². The zero-order chi connectivity index (χ0) is 17.3. The van der Waals surface area contributed by atoms with Crippen molar-refractivity contribution in [3.8, 4) is 0 Å². The average molecular weight is 316 g/mol. The number of benzene rings is 1. The van der Waals surface area contributed by atoms with Gasteiger partial charge in [0.05, 0.1) is 13.2 Å². The zero-order valence-electron chi connectivity index (χ0n) is 14.4. The Labute approximate surface area is 137 Å². The molecule has 0 spiro atoms. The van der Waals surface area contributed by atoms with Crippen molar-refractivity contribution < 1.29 is 19.1 Å². The number of fused-ring (bicyclic) bond motifs is 1. The highest BCUT2D eigenvalue weighted by atomic mass is 16.6. The fourth-order valence-corrected chi connectivity index (χ4v) is 3.15. The molecule has 0 heterocycles. The summed E-state index contributed by atoms with van der Waals surface area (Å²) in [6, 6.07) is 7.42. The summed E-state index contributed by atoms with van der Waals surface area (Å²) in [5.41, 5.74) is 0.308. The van der Waals surface area contributed by atoms with Gasteiger partial charge in [-0.25, -0.2) is 0 Å². The highest BCUT2D eigenvalue weighted by Gasteiger charge is 2.59. The summed E-state index contributed by atoms with van der Waals surface area (Å²) in [4.78, 5) is 25.9. The smallest absolute Gasteiger partial charge is 0.332 e. The summed E-state index contributed by atoms with van der Waals surface area (Å²) in [5, 5.41) is 0. The summed E-state index contributed by atoms with van der Waals surface area (Å²) in [7, 11) is 0. The Morgan fingerprint density at radius 2 is 1.52 bits per heavy atom. The predicted octanol–water partition coefficient (Wildman–Crippen LogP) is 3.49. The molecule has 1 aromatic carbocycles. The van der Waals surface area contributed by atoms with Gasteiger partial charge in [0.15, 0.2) is 0 Å². The summed E-state index contributed by atoms with van der Waals surface area (Å²) in [6.07, 6.45) is 1.92. The lowest BCUT2D eigenvalue weighted by Crippen LogP contribution is -2.49. The lowest BCUT2D eigenvalue weighted by molar-refractivity contribution is -0.163. The van der Waals surface area contributed by atoms with E-state index in [2.05, 4.69) is 0 Å². The molecule has 23 heavy (non-hydrogen) atoms. The van der Waals surface area contributed by atoms with E-state index < -0.39 is 22.8 Å². The van der Waals surface area contributed by atoms with Crippen molar-refractivity contribution in [2.24, 2.45) is 5.41 Å². The summed E-state index contributed by atoms with van der Waals surface area (Å²) in [6.45, 7) is 9.84. The molecular formula is C19H24O4. The predicted molar refractivity (Wildman–Crippen MR) is 88.8 cm³/mol. The van der Waals surface area contributed by atoms with Gasteiger partial charge in [-0.3, -0.25) is 9.59 Å². The van der Waals surface area contributed by atoms with Gasteiger partial charge in [0.2, 0.25) is 5.41 Å². The van der Waals surface area contributed by atoms with E-state index in [1.54, 1.807) is 19.9 Å². The van der Waals surface area contributed by atoms with E-state index in [-0.39, 0.29) is 13.2 Å². The third-order valence-corrected chi connectivity index (χ3v) is 4.04. The summed E-state index contributed by atoms with van der Waals surface area (Å²) < 4.78 is 10.6. The first-order chi connectivity index (χ1) is 10.8. The third-order valence-electron chi connectivity index (χ3n) is 4.04. The molecule has 0 radical (unpaired) electrons. The van der Waals surface area contributed by atoms with Crippen molar-refractivity contribution in [2.75, 3.05) is 13.2 Å². The monoisotopic (exact) mass is 316 g/mol. The number of carbonyl (C=O) groups is 2. The number of hydrogen-bond donors (Lipinski definition) is 0. The van der Waals surface area contributed by atoms with Crippen LogP contribution in [-0.2, 0) is 24.5 Å². The van der Waals surface area contributed by atoms with Gasteiger partial charge in [-0.15, -0.1) is 0 Å². The van der Waals surface area contributed by atoms with Crippen molar-refractivity contribution in [1.82, 2.24) is 0 Å². The molecule has 0 fully saturated rings. The number of hydrogen-bond acceptors (Lipinski definition) is 4. The Morgan fingerprint density at radius 3 is 2.00 bits per heavy atom. The van der Waals surface area contributed by atoms with Crippen LogP contribution in [0.15, 0.2) is 29.8 Å². The summed E-state index contributed by atoms with van der Waals surface area (Å²) in [5.74, 6) is -1.13. The van der Waals surface area contributed by atoms with Crippen LogP contribution in [0, 0.1) is 5.41 Å². The van der Waals surface area contributed by atoms with Crippen LogP contribution in [0.1, 0.15) is 45.7 Å². The molecule has 2 rings (SSSR count). The second kappa shape index (κ2) is 6.19. The quantitative estimate of drug-likeness (QED) is 0.630. The molecule has 0 atom stereocenters. The third kappa shape index (κ3) is 2.67. The molecule has 0 N–H and O–H groups in total. The van der Waals surface area contributed by atoms with Crippen LogP contribution in [0.4, 0.5) is 0 Å². The molecule has 0 aliphatic heterocycles. The molecule has 0 amide bonds. The SMILES string of the molecule is CCOC(=O)C1(C(=O)OCC)C(C(C)(C)C)=Cc2ccccc21. The van der Waals surface area contributed by atoms with Crippen LogP contribution in [0.3, 0.4) is 0 Å². The van der Waals surface area contributed by atoms with Gasteiger partial charge in [0, 0.05) is 0 Å². The standard InChI is InChI=1S/C19H24O4/c1-6-22-16(20)19(17(21)23-7-2)14-11-9-8-10-13(14)12-15(19)18(3,4)5/h8-12H,6-7H2,1-5H3. The van der Waals surface area contributed by atoms with Gasteiger partial charge in [-0.05, 0) is 36.0 Å². The van der Waals surface area contributed by atoms with Crippen LogP contribution in [0.2, 0.25) is 0 Å². The Kier molecular flexibility index (Phi) is 4.64. The van der Waals surface area contributed by atoms with E-state index in [4.69, 9.17) is 9.47 Å². The van der Waals surface area contributed by atoms with Crippen LogP contribution in [0.25, 0.3) is 6.08 Å². The van der Waals surface area contributed by atoms with Crippen LogP contribution in [-0.4, -0.2) is 25.2 Å². The molecule has 1 aliphatic rings. The second-order valence-corrected chi connectivity index (χ2v) is 6.59. The van der Waals surface area contributed by atoms with Gasteiger partial charge in [-0.1, -0.05) is 51.1 Å². The Hall–Kier alpha value is -2.10. The maximum Gasteiger partial charge on any atom is 0.332 e. The van der Waals surface area contributed by atoms with Crippen molar-refractivity contribution in [3.05, 3.63) is 41.0 Å². The van der Waals surface area contributed by atoms with E-state index in [9.17, 15) is 9.59 Å². The number of carbonyl (C=O) groups excluding carboxylic acids is 2. The minimum atomic E-state index is -1.51. The van der Waals surface area contributed by atoms with E-state index in [0.717, 1.165) is 5.56 Å². The van der Waals surface area contributed by atoms with Gasteiger partial charge >= 0.3 is 11.9 Å². The fourth-order valence-electron chi connectivity index (χ4n) is 3.15. The maximum absolute atomic E-state index is 12.9. The second-order valence-electron chi connectivity index (χ2n) is 6.59. The number of esters is 2. The Morgan fingerprint density at radius 1 is 1.00 bits per heavy atom. The van der Waals surface area contributed by atoms with Crippen molar-refractivity contribution in [3.63, 3.8) is 0 Å². The van der Waals surface area contributed by atoms with E-state index >= 15 is 0 Å². The molecule has 4 nitrogen and oxygen atoms in total. The molecule has 124 valence electrons. The molecular weight excluding hydrogens is 292 g/mol. The average Bonchev–Trinajstić information content (AvgIpc) is 2.84. The minimum absolute atomic E-state index is 0.208. The highest BCUT2D eigenvalue weighted by molar-refractivity contribution is 6.13. The lowest BCUT2D eigenvalue weighted by atomic mass is 9.68. The minimum Gasteiger partial charge on any atom is -0.465 e. The molecule has 0 aromatic heterocycles. The largest absolute Gasteiger partial charge is 0.465 e. The Balaban J connectivity index is 2.77. The van der Waals surface area contributed by atoms with Crippen LogP contribution in [0.5, 0.6) is 0 Å². The van der Waals surface area contributed by atoms with E-state index in [1.165, 1.54) is 0 Å². The van der Waals surface area contributed by atoms with Gasteiger partial charge in [-0.2, -0.15) is 0 Å². The van der Waals surface area contributed by atoms with Crippen LogP contribution < -0.4 is 0 Å². The first-order valence-corrected chi connectivity index (χ1v) is 7.96. The lowest BCUT2D eigenvalue weighted by Gasteiger charge is -2.35. The zero-order valence-corrected chi connectivity index (χ0v) is 14.4. The number of ether oxygens (including phenoxy) is 2. The first-order valence-electron chi connectivity index (χ1n) is 7.96. The van der Waals surface area contributed by atoms with E-state index in [1.807, 2.05) is 45.0 Å². The molecule has 1 aliphatic carbocycles.